The molecule has 1 heterocycles. The number of rotatable bonds is 4. The highest BCUT2D eigenvalue weighted by molar-refractivity contribution is 5.97. The van der Waals surface area contributed by atoms with Gasteiger partial charge in [-0.15, -0.1) is 0 Å². The number of amides is 1. The number of hydrogen-bond donors (Lipinski definition) is 1. The predicted molar refractivity (Wildman–Crippen MR) is 77.8 cm³/mol. The number of pyridine rings is 1. The highest BCUT2D eigenvalue weighted by atomic mass is 19.1. The summed E-state index contributed by atoms with van der Waals surface area (Å²) in [6.07, 6.45) is 1.46. The number of ether oxygens (including phenoxy) is 1. The molecule has 1 unspecified atom stereocenters. The van der Waals surface area contributed by atoms with Crippen LogP contribution in [0.3, 0.4) is 0 Å². The molecule has 1 aromatic carbocycles. The minimum Gasteiger partial charge on any atom is -0.494 e. The molecule has 2 rings (SSSR count). The van der Waals surface area contributed by atoms with E-state index < -0.39 is 23.6 Å². The predicted octanol–water partition coefficient (Wildman–Crippen LogP) is 3.17. The molecule has 1 atom stereocenters. The lowest BCUT2D eigenvalue weighted by atomic mass is 10.1. The van der Waals surface area contributed by atoms with Gasteiger partial charge in [0.2, 0.25) is 0 Å². The highest BCUT2D eigenvalue weighted by Gasteiger charge is 2.17. The number of hydrogen-bond acceptors (Lipinski definition) is 3. The van der Waals surface area contributed by atoms with Gasteiger partial charge in [0, 0.05) is 11.8 Å². The second-order valence-electron chi connectivity index (χ2n) is 4.92. The molecular formula is C16H16F2N2O2. The van der Waals surface area contributed by atoms with Gasteiger partial charge in [0.05, 0.1) is 24.9 Å². The SMILES string of the molecule is COc1cnc(C)cc1C(=O)NC(C)c1cc(F)cc(F)c1. The molecule has 116 valence electrons. The zero-order valence-corrected chi connectivity index (χ0v) is 12.5. The second-order valence-corrected chi connectivity index (χ2v) is 4.92. The molecule has 0 fully saturated rings. The summed E-state index contributed by atoms with van der Waals surface area (Å²) in [4.78, 5) is 16.4. The summed E-state index contributed by atoms with van der Waals surface area (Å²) in [5.41, 5.74) is 1.32. The van der Waals surface area contributed by atoms with Gasteiger partial charge in [-0.2, -0.15) is 0 Å². The maximum absolute atomic E-state index is 13.2. The first-order valence-electron chi connectivity index (χ1n) is 6.68. The van der Waals surface area contributed by atoms with Gasteiger partial charge in [-0.25, -0.2) is 8.78 Å². The minimum atomic E-state index is -0.687. The Hall–Kier alpha value is -2.50. The number of carbonyl (C=O) groups excluding carboxylic acids is 1. The third-order valence-electron chi connectivity index (χ3n) is 3.20. The van der Waals surface area contributed by atoms with Crippen molar-refractivity contribution in [2.24, 2.45) is 0 Å². The van der Waals surface area contributed by atoms with Gasteiger partial charge < -0.3 is 10.1 Å². The van der Waals surface area contributed by atoms with Crippen LogP contribution in [0.5, 0.6) is 5.75 Å². The van der Waals surface area contributed by atoms with E-state index in [-0.39, 0.29) is 0 Å². The van der Waals surface area contributed by atoms with Gasteiger partial charge in [-0.1, -0.05) is 0 Å². The van der Waals surface area contributed by atoms with Crippen LogP contribution in [-0.2, 0) is 0 Å². The van der Waals surface area contributed by atoms with E-state index in [1.54, 1.807) is 19.9 Å². The van der Waals surface area contributed by atoms with Crippen LogP contribution in [0.2, 0.25) is 0 Å². The number of methoxy groups -OCH3 is 1. The number of carbonyl (C=O) groups is 1. The Balaban J connectivity index is 2.23. The molecule has 2 aromatic rings. The summed E-state index contributed by atoms with van der Waals surface area (Å²) in [5, 5.41) is 2.69. The molecule has 0 aliphatic heterocycles. The van der Waals surface area contributed by atoms with Crippen molar-refractivity contribution in [1.82, 2.24) is 10.3 Å². The Morgan fingerprint density at radius 3 is 2.45 bits per heavy atom. The molecular weight excluding hydrogens is 290 g/mol. The minimum absolute atomic E-state index is 0.318. The third kappa shape index (κ3) is 3.58. The number of nitrogens with zero attached hydrogens (tertiary/aromatic N) is 1. The number of nitrogens with one attached hydrogen (secondary N) is 1. The normalized spacial score (nSPS) is 11.9. The van der Waals surface area contributed by atoms with Crippen molar-refractivity contribution in [2.45, 2.75) is 19.9 Å². The van der Waals surface area contributed by atoms with E-state index in [1.165, 1.54) is 25.4 Å². The number of aryl methyl sites for hydroxylation is 1. The van der Waals surface area contributed by atoms with Crippen molar-refractivity contribution < 1.29 is 18.3 Å². The molecule has 0 spiro atoms. The quantitative estimate of drug-likeness (QED) is 0.944. The average Bonchev–Trinajstić information content (AvgIpc) is 2.46. The van der Waals surface area contributed by atoms with Crippen LogP contribution in [0.15, 0.2) is 30.5 Å². The Kier molecular flexibility index (Phi) is 4.70. The fourth-order valence-corrected chi connectivity index (χ4v) is 2.07. The first kappa shape index (κ1) is 15.9. The van der Waals surface area contributed by atoms with Crippen LogP contribution in [0.4, 0.5) is 8.78 Å². The molecule has 1 amide bonds. The lowest BCUT2D eigenvalue weighted by Crippen LogP contribution is -2.27. The van der Waals surface area contributed by atoms with Crippen molar-refractivity contribution in [1.29, 1.82) is 0 Å². The largest absolute Gasteiger partial charge is 0.494 e. The first-order chi connectivity index (χ1) is 10.4. The molecule has 1 N–H and O–H groups in total. The van der Waals surface area contributed by atoms with Gasteiger partial charge >= 0.3 is 0 Å². The maximum Gasteiger partial charge on any atom is 0.255 e. The Morgan fingerprint density at radius 1 is 1.23 bits per heavy atom. The molecule has 6 heteroatoms. The molecule has 0 radical (unpaired) electrons. The third-order valence-corrected chi connectivity index (χ3v) is 3.20. The van der Waals surface area contributed by atoms with Crippen molar-refractivity contribution in [3.05, 3.63) is 58.9 Å². The summed E-state index contributed by atoms with van der Waals surface area (Å²) in [5.74, 6) is -1.44. The van der Waals surface area contributed by atoms with E-state index in [1.807, 2.05) is 0 Å². The van der Waals surface area contributed by atoms with E-state index in [0.29, 0.717) is 22.6 Å². The molecule has 1 aromatic heterocycles. The van der Waals surface area contributed by atoms with E-state index in [2.05, 4.69) is 10.3 Å². The van der Waals surface area contributed by atoms with Crippen molar-refractivity contribution in [3.63, 3.8) is 0 Å². The van der Waals surface area contributed by atoms with Crippen LogP contribution in [-0.4, -0.2) is 18.0 Å². The summed E-state index contributed by atoms with van der Waals surface area (Å²) < 4.78 is 31.6. The van der Waals surface area contributed by atoms with Crippen LogP contribution in [0, 0.1) is 18.6 Å². The lowest BCUT2D eigenvalue weighted by molar-refractivity contribution is 0.0936. The molecule has 22 heavy (non-hydrogen) atoms. The van der Waals surface area contributed by atoms with Crippen molar-refractivity contribution in [2.75, 3.05) is 7.11 Å². The number of benzene rings is 1. The summed E-state index contributed by atoms with van der Waals surface area (Å²) in [6.45, 7) is 3.40. The van der Waals surface area contributed by atoms with Crippen LogP contribution in [0.1, 0.15) is 34.6 Å². The monoisotopic (exact) mass is 306 g/mol. The highest BCUT2D eigenvalue weighted by Crippen LogP contribution is 2.20. The summed E-state index contributed by atoms with van der Waals surface area (Å²) >= 11 is 0. The fraction of sp³-hybridized carbons (Fsp3) is 0.250. The zero-order chi connectivity index (χ0) is 16.3. The molecule has 0 bridgehead atoms. The fourth-order valence-electron chi connectivity index (χ4n) is 2.07. The van der Waals surface area contributed by atoms with E-state index in [4.69, 9.17) is 4.74 Å². The smallest absolute Gasteiger partial charge is 0.255 e. The van der Waals surface area contributed by atoms with Crippen molar-refractivity contribution >= 4 is 5.91 Å². The first-order valence-corrected chi connectivity index (χ1v) is 6.68. The molecule has 0 aliphatic carbocycles. The van der Waals surface area contributed by atoms with E-state index in [9.17, 15) is 13.6 Å². The average molecular weight is 306 g/mol. The molecule has 0 aliphatic rings. The Morgan fingerprint density at radius 2 is 1.86 bits per heavy atom. The van der Waals surface area contributed by atoms with Gasteiger partial charge in [0.25, 0.3) is 5.91 Å². The standard InChI is InChI=1S/C16H16F2N2O2/c1-9-4-14(15(22-3)8-19-9)16(21)20-10(2)11-5-12(17)7-13(18)6-11/h4-8,10H,1-3H3,(H,20,21). The van der Waals surface area contributed by atoms with Gasteiger partial charge in [0.15, 0.2) is 0 Å². The van der Waals surface area contributed by atoms with Crippen LogP contribution < -0.4 is 10.1 Å². The molecule has 0 saturated heterocycles. The number of aromatic nitrogens is 1. The Labute approximate surface area is 127 Å². The summed E-state index contributed by atoms with van der Waals surface area (Å²) in [6, 6.07) is 4.18. The Bertz CT molecular complexity index is 684. The van der Waals surface area contributed by atoms with Gasteiger partial charge in [0.1, 0.15) is 17.4 Å². The second kappa shape index (κ2) is 6.51. The lowest BCUT2D eigenvalue weighted by Gasteiger charge is -2.16. The van der Waals surface area contributed by atoms with Gasteiger partial charge in [-0.05, 0) is 37.6 Å². The molecule has 0 saturated carbocycles. The number of halogens is 2. The van der Waals surface area contributed by atoms with Crippen LogP contribution >= 0.6 is 0 Å². The zero-order valence-electron chi connectivity index (χ0n) is 12.5. The topological polar surface area (TPSA) is 51.2 Å². The molecule has 4 nitrogen and oxygen atoms in total. The van der Waals surface area contributed by atoms with Crippen LogP contribution in [0.25, 0.3) is 0 Å². The van der Waals surface area contributed by atoms with E-state index in [0.717, 1.165) is 6.07 Å². The van der Waals surface area contributed by atoms with Crippen molar-refractivity contribution in [3.8, 4) is 5.75 Å². The van der Waals surface area contributed by atoms with E-state index >= 15 is 0 Å². The maximum atomic E-state index is 13.2. The van der Waals surface area contributed by atoms with Gasteiger partial charge in [-0.3, -0.25) is 9.78 Å². The summed E-state index contributed by atoms with van der Waals surface area (Å²) in [7, 11) is 1.44.